The van der Waals surface area contributed by atoms with Crippen LogP contribution in [0.3, 0.4) is 0 Å². The average molecular weight is 467 g/mol. The molecule has 0 radical (unpaired) electrons. The van der Waals surface area contributed by atoms with Crippen LogP contribution in [0.25, 0.3) is 0 Å². The Hall–Kier alpha value is -3.12. The molecule has 0 amide bonds. The highest BCUT2D eigenvalue weighted by atomic mass is 16.6. The minimum atomic E-state index is -0.801. The van der Waals surface area contributed by atoms with Crippen LogP contribution >= 0.6 is 0 Å². The van der Waals surface area contributed by atoms with Gasteiger partial charge in [0.15, 0.2) is 0 Å². The molecule has 2 aromatic heterocycles. The molecule has 2 aliphatic rings. The highest BCUT2D eigenvalue weighted by Gasteiger charge is 2.36. The number of nitrogens with zero attached hydrogens (tertiary/aromatic N) is 5. The van der Waals surface area contributed by atoms with Gasteiger partial charge in [0.05, 0.1) is 37.3 Å². The van der Waals surface area contributed by atoms with Crippen LogP contribution in [-0.2, 0) is 14.9 Å². The van der Waals surface area contributed by atoms with E-state index in [1.165, 1.54) is 12.6 Å². The van der Waals surface area contributed by atoms with E-state index in [0.717, 1.165) is 48.3 Å². The number of anilines is 2. The Morgan fingerprint density at radius 2 is 2.15 bits per heavy atom. The number of rotatable bonds is 6. The normalized spacial score (nSPS) is 20.4. The number of carbonyl (C=O) groups is 1. The SMILES string of the molecule is C[C@@H]1COCCN1c1cc(C2(C#N)CCCCC2)cc(NCC(C)(C)OC(=O)n2cccn2)n1. The first-order valence-electron chi connectivity index (χ1n) is 12.1. The molecule has 1 atom stereocenters. The topological polar surface area (TPSA) is 105 Å². The maximum atomic E-state index is 12.4. The van der Waals surface area contributed by atoms with Crippen LogP contribution in [0.1, 0.15) is 58.4 Å². The van der Waals surface area contributed by atoms with Crippen molar-refractivity contribution in [2.45, 2.75) is 69.9 Å². The highest BCUT2D eigenvalue weighted by Crippen LogP contribution is 2.41. The van der Waals surface area contributed by atoms with Gasteiger partial charge in [0.1, 0.15) is 17.2 Å². The number of nitriles is 1. The predicted octanol–water partition coefficient (Wildman–Crippen LogP) is 4.10. The van der Waals surface area contributed by atoms with Gasteiger partial charge in [-0.3, -0.25) is 0 Å². The molecule has 9 heteroatoms. The van der Waals surface area contributed by atoms with E-state index in [4.69, 9.17) is 14.5 Å². The lowest BCUT2D eigenvalue weighted by atomic mass is 9.70. The van der Waals surface area contributed by atoms with Gasteiger partial charge in [0, 0.05) is 18.9 Å². The standard InChI is InChI=1S/C25H34N6O3/c1-19-16-33-13-12-30(19)22-15-20(25(17-26)8-5-4-6-9-25)14-21(29-22)27-18-24(2,3)34-23(32)31-11-7-10-28-31/h7,10-11,14-15,19H,4-6,8-9,12-13,16,18H2,1-3H3,(H,27,29)/t19-/m1/s1. The highest BCUT2D eigenvalue weighted by molar-refractivity contribution is 5.69. The van der Waals surface area contributed by atoms with Crippen LogP contribution in [0.2, 0.25) is 0 Å². The molecule has 9 nitrogen and oxygen atoms in total. The summed E-state index contributed by atoms with van der Waals surface area (Å²) in [6.07, 6.45) is 7.55. The van der Waals surface area contributed by atoms with E-state index in [0.29, 0.717) is 25.6 Å². The first kappa shape index (κ1) is 24.0. The zero-order valence-corrected chi connectivity index (χ0v) is 20.3. The van der Waals surface area contributed by atoms with Crippen LogP contribution in [-0.4, -0.2) is 58.8 Å². The summed E-state index contributed by atoms with van der Waals surface area (Å²) in [5.41, 5.74) is -0.290. The molecule has 1 aliphatic heterocycles. The lowest BCUT2D eigenvalue weighted by molar-refractivity contribution is 0.0470. The van der Waals surface area contributed by atoms with E-state index in [9.17, 15) is 10.1 Å². The Balaban J connectivity index is 1.58. The molecule has 1 saturated heterocycles. The molecule has 0 bridgehead atoms. The zero-order valence-electron chi connectivity index (χ0n) is 20.3. The van der Waals surface area contributed by atoms with E-state index in [1.54, 1.807) is 12.3 Å². The molecule has 34 heavy (non-hydrogen) atoms. The number of carbonyl (C=O) groups excluding carboxylic acids is 1. The summed E-state index contributed by atoms with van der Waals surface area (Å²) in [4.78, 5) is 19.5. The van der Waals surface area contributed by atoms with Crippen molar-refractivity contribution < 1.29 is 14.3 Å². The van der Waals surface area contributed by atoms with Crippen LogP contribution < -0.4 is 10.2 Å². The van der Waals surface area contributed by atoms with Gasteiger partial charge in [-0.25, -0.2) is 9.78 Å². The fourth-order valence-electron chi connectivity index (χ4n) is 4.72. The molecule has 1 saturated carbocycles. The minimum Gasteiger partial charge on any atom is -0.440 e. The molecular formula is C25H34N6O3. The Morgan fingerprint density at radius 1 is 1.35 bits per heavy atom. The third-order valence-electron chi connectivity index (χ3n) is 6.70. The van der Waals surface area contributed by atoms with Gasteiger partial charge in [-0.2, -0.15) is 15.0 Å². The molecule has 1 aliphatic carbocycles. The maximum Gasteiger partial charge on any atom is 0.435 e. The summed E-state index contributed by atoms with van der Waals surface area (Å²) >= 11 is 0. The second-order valence-corrected chi connectivity index (χ2v) is 9.90. The van der Waals surface area contributed by atoms with E-state index < -0.39 is 17.1 Å². The number of ether oxygens (including phenoxy) is 2. The van der Waals surface area contributed by atoms with Gasteiger partial charge in [-0.15, -0.1) is 0 Å². The van der Waals surface area contributed by atoms with E-state index in [1.807, 2.05) is 19.9 Å². The van der Waals surface area contributed by atoms with E-state index in [-0.39, 0.29) is 6.04 Å². The summed E-state index contributed by atoms with van der Waals surface area (Å²) in [6, 6.07) is 8.59. The van der Waals surface area contributed by atoms with Gasteiger partial charge in [-0.1, -0.05) is 19.3 Å². The molecule has 3 heterocycles. The van der Waals surface area contributed by atoms with Crippen molar-refractivity contribution in [3.8, 4) is 6.07 Å². The van der Waals surface area contributed by atoms with Gasteiger partial charge >= 0.3 is 6.09 Å². The van der Waals surface area contributed by atoms with Crippen molar-refractivity contribution in [1.82, 2.24) is 14.8 Å². The maximum absolute atomic E-state index is 12.4. The molecule has 0 aromatic carbocycles. The molecule has 2 aromatic rings. The summed E-state index contributed by atoms with van der Waals surface area (Å²) < 4.78 is 12.4. The number of nitrogens with one attached hydrogen (secondary N) is 1. The number of aromatic nitrogens is 3. The Labute approximate surface area is 201 Å². The number of pyridine rings is 1. The number of morpholine rings is 1. The summed E-state index contributed by atoms with van der Waals surface area (Å²) in [5.74, 6) is 1.52. The summed E-state index contributed by atoms with van der Waals surface area (Å²) in [6.45, 7) is 8.21. The smallest absolute Gasteiger partial charge is 0.435 e. The summed E-state index contributed by atoms with van der Waals surface area (Å²) in [7, 11) is 0. The Morgan fingerprint density at radius 3 is 2.82 bits per heavy atom. The average Bonchev–Trinajstić information content (AvgIpc) is 3.39. The van der Waals surface area contributed by atoms with Crippen molar-refractivity contribution in [1.29, 1.82) is 5.26 Å². The minimum absolute atomic E-state index is 0.195. The molecular weight excluding hydrogens is 432 g/mol. The molecule has 4 rings (SSSR count). The molecule has 1 N–H and O–H groups in total. The lowest BCUT2D eigenvalue weighted by Crippen LogP contribution is -2.44. The van der Waals surface area contributed by atoms with E-state index in [2.05, 4.69) is 34.4 Å². The first-order valence-corrected chi connectivity index (χ1v) is 12.1. The quantitative estimate of drug-likeness (QED) is 0.678. The number of hydrogen-bond donors (Lipinski definition) is 1. The van der Waals surface area contributed by atoms with Crippen molar-refractivity contribution in [2.24, 2.45) is 0 Å². The molecule has 0 spiro atoms. The molecule has 182 valence electrons. The van der Waals surface area contributed by atoms with Gasteiger partial charge < -0.3 is 19.7 Å². The van der Waals surface area contributed by atoms with Gasteiger partial charge in [-0.05, 0) is 57.4 Å². The van der Waals surface area contributed by atoms with Crippen LogP contribution in [0.4, 0.5) is 16.4 Å². The van der Waals surface area contributed by atoms with Gasteiger partial charge in [0.25, 0.3) is 0 Å². The van der Waals surface area contributed by atoms with Crippen LogP contribution in [0.5, 0.6) is 0 Å². The largest absolute Gasteiger partial charge is 0.440 e. The predicted molar refractivity (Wildman–Crippen MR) is 129 cm³/mol. The molecule has 0 unspecified atom stereocenters. The second kappa shape index (κ2) is 10.0. The van der Waals surface area contributed by atoms with Crippen molar-refractivity contribution in [2.75, 3.05) is 36.5 Å². The van der Waals surface area contributed by atoms with Crippen molar-refractivity contribution >= 4 is 17.7 Å². The van der Waals surface area contributed by atoms with E-state index >= 15 is 0 Å². The third-order valence-corrected chi connectivity index (χ3v) is 6.70. The third kappa shape index (κ3) is 5.33. The fourth-order valence-corrected chi connectivity index (χ4v) is 4.72. The Kier molecular flexibility index (Phi) is 7.08. The zero-order chi connectivity index (χ0) is 24.2. The second-order valence-electron chi connectivity index (χ2n) is 9.90. The van der Waals surface area contributed by atoms with Crippen LogP contribution in [0.15, 0.2) is 30.6 Å². The fraction of sp³-hybridized carbons (Fsp3) is 0.600. The number of hydrogen-bond acceptors (Lipinski definition) is 8. The Bertz CT molecular complexity index is 1020. The van der Waals surface area contributed by atoms with Crippen LogP contribution in [0, 0.1) is 11.3 Å². The summed E-state index contributed by atoms with van der Waals surface area (Å²) in [5, 5.41) is 17.5. The molecule has 2 fully saturated rings. The van der Waals surface area contributed by atoms with Crippen molar-refractivity contribution in [3.05, 3.63) is 36.2 Å². The first-order chi connectivity index (χ1) is 16.3. The monoisotopic (exact) mass is 466 g/mol. The van der Waals surface area contributed by atoms with Crippen molar-refractivity contribution in [3.63, 3.8) is 0 Å². The van der Waals surface area contributed by atoms with Gasteiger partial charge in [0.2, 0.25) is 0 Å². The lowest BCUT2D eigenvalue weighted by Gasteiger charge is -2.36.